The minimum Gasteiger partial charge on any atom is -0.384 e. The lowest BCUT2D eigenvalue weighted by molar-refractivity contribution is -0.0148. The summed E-state index contributed by atoms with van der Waals surface area (Å²) in [6.45, 7) is 1.40. The molecule has 2 N–H and O–H groups in total. The van der Waals surface area contributed by atoms with E-state index in [0.717, 1.165) is 12.0 Å². The van der Waals surface area contributed by atoms with Gasteiger partial charge in [0.15, 0.2) is 0 Å². The highest BCUT2D eigenvalue weighted by atomic mass is 16.5. The molecule has 1 atom stereocenters. The molecular weight excluding hydrogens is 270 g/mol. The summed E-state index contributed by atoms with van der Waals surface area (Å²) in [6, 6.07) is 6.92. The van der Waals surface area contributed by atoms with Crippen LogP contribution in [0.1, 0.15) is 22.3 Å². The van der Waals surface area contributed by atoms with Gasteiger partial charge in [0.2, 0.25) is 0 Å². The Morgan fingerprint density at radius 2 is 2.24 bits per heavy atom. The average molecular weight is 289 g/mol. The molecule has 2 rings (SSSR count). The zero-order chi connectivity index (χ0) is 15.1. The molecule has 5 heteroatoms. The average Bonchev–Trinajstić information content (AvgIpc) is 3.00. The fourth-order valence-corrected chi connectivity index (χ4v) is 2.15. The van der Waals surface area contributed by atoms with Crippen LogP contribution >= 0.6 is 0 Å². The minimum atomic E-state index is -0.414. The lowest BCUT2D eigenvalue weighted by Crippen LogP contribution is -2.45. The van der Waals surface area contributed by atoms with Crippen molar-refractivity contribution in [1.82, 2.24) is 5.32 Å². The van der Waals surface area contributed by atoms with Crippen molar-refractivity contribution in [1.29, 1.82) is 0 Å². The van der Waals surface area contributed by atoms with Gasteiger partial charge in [0.25, 0.3) is 5.91 Å². The van der Waals surface area contributed by atoms with E-state index in [2.05, 4.69) is 17.2 Å². The lowest BCUT2D eigenvalue weighted by atomic mass is 10.0. The summed E-state index contributed by atoms with van der Waals surface area (Å²) in [6.07, 6.45) is 0.777. The number of amides is 1. The Morgan fingerprint density at radius 3 is 2.81 bits per heavy atom. The molecule has 1 aliphatic rings. The van der Waals surface area contributed by atoms with E-state index in [1.807, 2.05) is 0 Å². The lowest BCUT2D eigenvalue weighted by Gasteiger charge is -2.25. The SMILES string of the molecule is COC1(CNC(=O)c2ccc(C#CCO)cc2)CCOC1. The summed E-state index contributed by atoms with van der Waals surface area (Å²) in [7, 11) is 1.63. The van der Waals surface area contributed by atoms with Crippen LogP contribution in [-0.4, -0.2) is 50.1 Å². The summed E-state index contributed by atoms with van der Waals surface area (Å²) in [5.41, 5.74) is 0.912. The Morgan fingerprint density at radius 1 is 1.48 bits per heavy atom. The maximum absolute atomic E-state index is 12.1. The van der Waals surface area contributed by atoms with Crippen LogP contribution in [0.4, 0.5) is 0 Å². The van der Waals surface area contributed by atoms with Gasteiger partial charge < -0.3 is 19.9 Å². The van der Waals surface area contributed by atoms with Crippen LogP contribution in [0.15, 0.2) is 24.3 Å². The fourth-order valence-electron chi connectivity index (χ4n) is 2.15. The van der Waals surface area contributed by atoms with E-state index in [1.54, 1.807) is 31.4 Å². The number of aliphatic hydroxyl groups is 1. The first kappa shape index (κ1) is 15.5. The number of nitrogens with one attached hydrogen (secondary N) is 1. The Bertz CT molecular complexity index is 536. The molecule has 0 aromatic heterocycles. The van der Waals surface area contributed by atoms with Crippen LogP contribution in [0.25, 0.3) is 0 Å². The third kappa shape index (κ3) is 4.05. The molecule has 0 aliphatic carbocycles. The highest BCUT2D eigenvalue weighted by molar-refractivity contribution is 5.94. The van der Waals surface area contributed by atoms with E-state index in [0.29, 0.717) is 25.3 Å². The molecule has 5 nitrogen and oxygen atoms in total. The van der Waals surface area contributed by atoms with E-state index < -0.39 is 5.60 Å². The maximum atomic E-state index is 12.1. The van der Waals surface area contributed by atoms with Crippen LogP contribution in [-0.2, 0) is 9.47 Å². The van der Waals surface area contributed by atoms with Crippen molar-refractivity contribution in [2.24, 2.45) is 0 Å². The van der Waals surface area contributed by atoms with E-state index >= 15 is 0 Å². The second-order valence-electron chi connectivity index (χ2n) is 4.91. The first-order valence-electron chi connectivity index (χ1n) is 6.80. The molecule has 0 saturated carbocycles. The van der Waals surface area contributed by atoms with Crippen molar-refractivity contribution in [3.05, 3.63) is 35.4 Å². The van der Waals surface area contributed by atoms with Crippen molar-refractivity contribution >= 4 is 5.91 Å². The molecule has 1 unspecified atom stereocenters. The molecule has 0 spiro atoms. The van der Waals surface area contributed by atoms with Crippen LogP contribution in [0.3, 0.4) is 0 Å². The molecule has 1 aliphatic heterocycles. The van der Waals surface area contributed by atoms with Gasteiger partial charge in [-0.2, -0.15) is 0 Å². The van der Waals surface area contributed by atoms with E-state index in [1.165, 1.54) is 0 Å². The number of carbonyl (C=O) groups is 1. The summed E-state index contributed by atoms with van der Waals surface area (Å²) in [5.74, 6) is 5.19. The number of hydrogen-bond donors (Lipinski definition) is 2. The predicted octanol–water partition coefficient (Wildman–Crippen LogP) is 0.566. The van der Waals surface area contributed by atoms with Crippen molar-refractivity contribution in [2.45, 2.75) is 12.0 Å². The highest BCUT2D eigenvalue weighted by Gasteiger charge is 2.35. The zero-order valence-corrected chi connectivity index (χ0v) is 12.0. The van der Waals surface area contributed by atoms with Crippen molar-refractivity contribution in [3.8, 4) is 11.8 Å². The topological polar surface area (TPSA) is 67.8 Å². The first-order valence-corrected chi connectivity index (χ1v) is 6.80. The third-order valence-electron chi connectivity index (χ3n) is 3.53. The zero-order valence-electron chi connectivity index (χ0n) is 12.0. The van der Waals surface area contributed by atoms with Crippen molar-refractivity contribution < 1.29 is 19.4 Å². The van der Waals surface area contributed by atoms with Gasteiger partial charge >= 0.3 is 0 Å². The number of benzene rings is 1. The smallest absolute Gasteiger partial charge is 0.251 e. The largest absolute Gasteiger partial charge is 0.384 e. The first-order chi connectivity index (χ1) is 10.2. The Kier molecular flexibility index (Phi) is 5.34. The van der Waals surface area contributed by atoms with Gasteiger partial charge in [0, 0.05) is 37.8 Å². The monoisotopic (exact) mass is 289 g/mol. The van der Waals surface area contributed by atoms with Gasteiger partial charge in [0.1, 0.15) is 12.2 Å². The van der Waals surface area contributed by atoms with Crippen molar-refractivity contribution in [3.63, 3.8) is 0 Å². The van der Waals surface area contributed by atoms with Gasteiger partial charge in [0.05, 0.1) is 6.61 Å². The number of rotatable bonds is 4. The molecule has 1 saturated heterocycles. The van der Waals surface area contributed by atoms with Crippen LogP contribution < -0.4 is 5.32 Å². The van der Waals surface area contributed by atoms with Crippen LogP contribution in [0.2, 0.25) is 0 Å². The summed E-state index contributed by atoms with van der Waals surface area (Å²) >= 11 is 0. The molecule has 1 aromatic rings. The van der Waals surface area contributed by atoms with Gasteiger partial charge in [-0.1, -0.05) is 11.8 Å². The van der Waals surface area contributed by atoms with Crippen LogP contribution in [0.5, 0.6) is 0 Å². The molecule has 1 heterocycles. The van der Waals surface area contributed by atoms with E-state index in [-0.39, 0.29) is 12.5 Å². The molecule has 112 valence electrons. The van der Waals surface area contributed by atoms with Gasteiger partial charge in [-0.15, -0.1) is 0 Å². The van der Waals surface area contributed by atoms with E-state index in [4.69, 9.17) is 14.6 Å². The molecule has 21 heavy (non-hydrogen) atoms. The number of methoxy groups -OCH3 is 1. The number of aliphatic hydroxyl groups excluding tert-OH is 1. The third-order valence-corrected chi connectivity index (χ3v) is 3.53. The number of ether oxygens (including phenoxy) is 2. The Hall–Kier alpha value is -1.87. The Labute approximate surface area is 124 Å². The quantitative estimate of drug-likeness (QED) is 0.795. The molecule has 0 radical (unpaired) electrons. The van der Waals surface area contributed by atoms with Gasteiger partial charge in [-0.3, -0.25) is 4.79 Å². The molecule has 1 amide bonds. The number of hydrogen-bond acceptors (Lipinski definition) is 4. The molecule has 0 bridgehead atoms. The fraction of sp³-hybridized carbons (Fsp3) is 0.438. The molecular formula is C16H19NO4. The molecule has 1 fully saturated rings. The minimum absolute atomic E-state index is 0.153. The van der Waals surface area contributed by atoms with Gasteiger partial charge in [-0.25, -0.2) is 0 Å². The van der Waals surface area contributed by atoms with Crippen molar-refractivity contribution in [2.75, 3.05) is 33.5 Å². The van der Waals surface area contributed by atoms with E-state index in [9.17, 15) is 4.79 Å². The highest BCUT2D eigenvalue weighted by Crippen LogP contribution is 2.21. The summed E-state index contributed by atoms with van der Waals surface area (Å²) in [5, 5.41) is 11.5. The second kappa shape index (κ2) is 7.23. The van der Waals surface area contributed by atoms with Gasteiger partial charge in [-0.05, 0) is 24.3 Å². The second-order valence-corrected chi connectivity index (χ2v) is 4.91. The standard InChI is InChI=1S/C16H19NO4/c1-20-16(8-10-21-12-16)11-17-15(19)14-6-4-13(5-7-14)3-2-9-18/h4-7,18H,8-12H2,1H3,(H,17,19). The Balaban J connectivity index is 1.94. The number of carbonyl (C=O) groups excluding carboxylic acids is 1. The maximum Gasteiger partial charge on any atom is 0.251 e. The predicted molar refractivity (Wildman–Crippen MR) is 77.9 cm³/mol. The summed E-state index contributed by atoms with van der Waals surface area (Å²) in [4.78, 5) is 12.1. The normalized spacial score (nSPS) is 20.7. The molecule has 1 aromatic carbocycles. The van der Waals surface area contributed by atoms with Crippen LogP contribution in [0, 0.1) is 11.8 Å². The summed E-state index contributed by atoms with van der Waals surface area (Å²) < 4.78 is 10.8.